The number of nitrogens with zero attached hydrogens (tertiary/aromatic N) is 2. The maximum atomic E-state index is 11.9. The van der Waals surface area contributed by atoms with Crippen LogP contribution in [0.15, 0.2) is 0 Å². The molecule has 21 heavy (non-hydrogen) atoms. The number of hydrogen-bond acceptors (Lipinski definition) is 5. The number of hydrazine groups is 1. The van der Waals surface area contributed by atoms with Crippen LogP contribution in [0.1, 0.15) is 33.6 Å². The Balaban J connectivity index is 1.77. The normalized spacial score (nSPS) is 22.0. The summed E-state index contributed by atoms with van der Waals surface area (Å²) in [5, 5.41) is 11.1. The van der Waals surface area contributed by atoms with Gasteiger partial charge in [-0.1, -0.05) is 0 Å². The molecular formula is C14H25N3O4. The molecule has 1 aliphatic carbocycles. The lowest BCUT2D eigenvalue weighted by molar-refractivity contribution is -0.142. The summed E-state index contributed by atoms with van der Waals surface area (Å²) in [5.74, 6) is -0.557. The van der Waals surface area contributed by atoms with E-state index in [1.165, 1.54) is 0 Å². The first-order valence-corrected chi connectivity index (χ1v) is 7.48. The summed E-state index contributed by atoms with van der Waals surface area (Å²) in [5.41, 5.74) is 2.59. The fourth-order valence-corrected chi connectivity index (χ4v) is 2.33. The molecule has 7 heteroatoms. The molecule has 2 aliphatic rings. The number of carbonyl (C=O) groups is 2. The van der Waals surface area contributed by atoms with Crippen LogP contribution in [0.3, 0.4) is 0 Å². The van der Waals surface area contributed by atoms with Crippen molar-refractivity contribution in [2.75, 3.05) is 26.2 Å². The van der Waals surface area contributed by atoms with Gasteiger partial charge < -0.3 is 14.7 Å². The lowest BCUT2D eigenvalue weighted by Crippen LogP contribution is -2.58. The zero-order chi connectivity index (χ0) is 15.6. The number of carboxylic acids is 1. The van der Waals surface area contributed by atoms with E-state index in [0.717, 1.165) is 12.8 Å². The average molecular weight is 299 g/mol. The van der Waals surface area contributed by atoms with Gasteiger partial charge in [0.15, 0.2) is 0 Å². The van der Waals surface area contributed by atoms with E-state index in [2.05, 4.69) is 5.43 Å². The van der Waals surface area contributed by atoms with Gasteiger partial charge in [-0.05, 0) is 39.5 Å². The number of nitrogens with one attached hydrogen (secondary N) is 1. The Morgan fingerprint density at radius 3 is 2.19 bits per heavy atom. The minimum absolute atomic E-state index is 0.242. The third-order valence-corrected chi connectivity index (χ3v) is 3.61. The Bertz CT molecular complexity index is 396. The molecule has 0 aromatic rings. The summed E-state index contributed by atoms with van der Waals surface area (Å²) >= 11 is 0. The smallest absolute Gasteiger partial charge is 0.410 e. The van der Waals surface area contributed by atoms with Crippen LogP contribution in [0.2, 0.25) is 0 Å². The van der Waals surface area contributed by atoms with E-state index in [9.17, 15) is 14.7 Å². The van der Waals surface area contributed by atoms with Crippen molar-refractivity contribution in [3.8, 4) is 0 Å². The summed E-state index contributed by atoms with van der Waals surface area (Å²) < 4.78 is 5.33. The topological polar surface area (TPSA) is 82.1 Å². The van der Waals surface area contributed by atoms with Crippen LogP contribution in [0.5, 0.6) is 0 Å². The van der Waals surface area contributed by atoms with Gasteiger partial charge in [0.05, 0.1) is 0 Å². The first kappa shape index (κ1) is 16.0. The second kappa shape index (κ2) is 6.19. The number of carboxylic acid groups (broad SMARTS) is 1. The second-order valence-electron chi connectivity index (χ2n) is 6.74. The highest BCUT2D eigenvalue weighted by Gasteiger charge is 2.38. The molecule has 0 aromatic carbocycles. The predicted octanol–water partition coefficient (Wildman–Crippen LogP) is 0.907. The SMILES string of the molecule is CC(C)(C)OC(=O)N1CCN(NC(C(=O)O)C2CC2)CC1. The lowest BCUT2D eigenvalue weighted by Gasteiger charge is -2.36. The number of amides is 1. The van der Waals surface area contributed by atoms with Crippen LogP contribution in [-0.2, 0) is 9.53 Å². The van der Waals surface area contributed by atoms with E-state index in [1.807, 2.05) is 25.8 Å². The van der Waals surface area contributed by atoms with Gasteiger partial charge in [0.1, 0.15) is 11.6 Å². The summed E-state index contributed by atoms with van der Waals surface area (Å²) in [6, 6.07) is -0.502. The molecule has 0 radical (unpaired) electrons. The number of piperazine rings is 1. The highest BCUT2D eigenvalue weighted by atomic mass is 16.6. The zero-order valence-electron chi connectivity index (χ0n) is 13.0. The van der Waals surface area contributed by atoms with Crippen LogP contribution in [0.25, 0.3) is 0 Å². The van der Waals surface area contributed by atoms with E-state index in [1.54, 1.807) is 4.90 Å². The minimum Gasteiger partial charge on any atom is -0.480 e. The number of rotatable bonds is 4. The molecule has 1 saturated carbocycles. The predicted molar refractivity (Wildman–Crippen MR) is 76.7 cm³/mol. The van der Waals surface area contributed by atoms with Gasteiger partial charge >= 0.3 is 12.1 Å². The quantitative estimate of drug-likeness (QED) is 0.803. The highest BCUT2D eigenvalue weighted by molar-refractivity contribution is 5.74. The molecule has 2 rings (SSSR count). The van der Waals surface area contributed by atoms with Crippen LogP contribution >= 0.6 is 0 Å². The Kier molecular flexibility index (Phi) is 4.73. The van der Waals surface area contributed by atoms with Crippen molar-refractivity contribution in [2.45, 2.75) is 45.3 Å². The van der Waals surface area contributed by atoms with Crippen molar-refractivity contribution < 1.29 is 19.4 Å². The molecule has 2 fully saturated rings. The van der Waals surface area contributed by atoms with Crippen molar-refractivity contribution in [3.05, 3.63) is 0 Å². The molecule has 120 valence electrons. The van der Waals surface area contributed by atoms with E-state index in [0.29, 0.717) is 26.2 Å². The molecule has 0 bridgehead atoms. The molecular weight excluding hydrogens is 274 g/mol. The van der Waals surface area contributed by atoms with Crippen LogP contribution in [0, 0.1) is 5.92 Å². The molecule has 1 saturated heterocycles. The van der Waals surface area contributed by atoms with Crippen molar-refractivity contribution in [2.24, 2.45) is 5.92 Å². The monoisotopic (exact) mass is 299 g/mol. The molecule has 1 heterocycles. The summed E-state index contributed by atoms with van der Waals surface area (Å²) in [6.45, 7) is 7.82. The Labute approximate surface area is 125 Å². The van der Waals surface area contributed by atoms with Crippen molar-refractivity contribution in [1.82, 2.24) is 15.3 Å². The van der Waals surface area contributed by atoms with E-state index in [4.69, 9.17) is 4.74 Å². The molecule has 2 N–H and O–H groups in total. The van der Waals surface area contributed by atoms with Gasteiger partial charge in [0, 0.05) is 26.2 Å². The van der Waals surface area contributed by atoms with Crippen LogP contribution < -0.4 is 5.43 Å². The highest BCUT2D eigenvalue weighted by Crippen LogP contribution is 2.32. The molecule has 0 spiro atoms. The number of carbonyl (C=O) groups excluding carboxylic acids is 1. The van der Waals surface area contributed by atoms with Gasteiger partial charge in [0.25, 0.3) is 0 Å². The first-order valence-electron chi connectivity index (χ1n) is 7.48. The average Bonchev–Trinajstić information content (AvgIpc) is 3.18. The van der Waals surface area contributed by atoms with E-state index < -0.39 is 17.6 Å². The van der Waals surface area contributed by atoms with Gasteiger partial charge in [-0.25, -0.2) is 15.2 Å². The number of aliphatic carboxylic acids is 1. The van der Waals surface area contributed by atoms with E-state index in [-0.39, 0.29) is 12.0 Å². The van der Waals surface area contributed by atoms with E-state index >= 15 is 0 Å². The maximum absolute atomic E-state index is 11.9. The fraction of sp³-hybridized carbons (Fsp3) is 0.857. The van der Waals surface area contributed by atoms with Crippen molar-refractivity contribution in [1.29, 1.82) is 0 Å². The van der Waals surface area contributed by atoms with Gasteiger partial charge in [-0.3, -0.25) is 4.79 Å². The Morgan fingerprint density at radius 2 is 1.76 bits per heavy atom. The Morgan fingerprint density at radius 1 is 1.19 bits per heavy atom. The third kappa shape index (κ3) is 4.86. The first-order chi connectivity index (χ1) is 9.76. The lowest BCUT2D eigenvalue weighted by atomic mass is 10.2. The Hall–Kier alpha value is -1.34. The van der Waals surface area contributed by atoms with Crippen LogP contribution in [0.4, 0.5) is 4.79 Å². The maximum Gasteiger partial charge on any atom is 0.410 e. The summed E-state index contributed by atoms with van der Waals surface area (Å²) in [7, 11) is 0. The molecule has 1 unspecified atom stereocenters. The molecule has 1 amide bonds. The molecule has 0 aromatic heterocycles. The fourth-order valence-electron chi connectivity index (χ4n) is 2.33. The molecule has 1 aliphatic heterocycles. The van der Waals surface area contributed by atoms with Crippen molar-refractivity contribution >= 4 is 12.1 Å². The van der Waals surface area contributed by atoms with Gasteiger partial charge in [-0.2, -0.15) is 0 Å². The third-order valence-electron chi connectivity index (χ3n) is 3.61. The standard InChI is InChI=1S/C14H25N3O4/c1-14(2,3)21-13(20)16-6-8-17(9-7-16)15-11(12(18)19)10-4-5-10/h10-11,15H,4-9H2,1-3H3,(H,18,19). The summed E-state index contributed by atoms with van der Waals surface area (Å²) in [4.78, 5) is 24.8. The van der Waals surface area contributed by atoms with Gasteiger partial charge in [0.2, 0.25) is 0 Å². The summed E-state index contributed by atoms with van der Waals surface area (Å²) in [6.07, 6.45) is 1.64. The second-order valence-corrected chi connectivity index (χ2v) is 6.74. The molecule has 1 atom stereocenters. The minimum atomic E-state index is -0.799. The van der Waals surface area contributed by atoms with Gasteiger partial charge in [-0.15, -0.1) is 0 Å². The van der Waals surface area contributed by atoms with Crippen LogP contribution in [-0.4, -0.2) is 64.9 Å². The van der Waals surface area contributed by atoms with Crippen molar-refractivity contribution in [3.63, 3.8) is 0 Å². The molecule has 7 nitrogen and oxygen atoms in total. The largest absolute Gasteiger partial charge is 0.480 e. The number of hydrogen-bond donors (Lipinski definition) is 2. The zero-order valence-corrected chi connectivity index (χ0v) is 13.0. The number of ether oxygens (including phenoxy) is 1.